The average Bonchev–Trinajstić information content (AvgIpc) is 3.05. The molecule has 1 aromatic heterocycles. The number of nitrogens with zero attached hydrogens (tertiary/aromatic N) is 2. The summed E-state index contributed by atoms with van der Waals surface area (Å²) in [6.45, 7) is 9.65. The highest BCUT2D eigenvalue weighted by Gasteiger charge is 2.19. The van der Waals surface area contributed by atoms with Crippen molar-refractivity contribution in [2.24, 2.45) is 4.99 Å². The van der Waals surface area contributed by atoms with Gasteiger partial charge in [0.2, 0.25) is 5.89 Å². The highest BCUT2D eigenvalue weighted by atomic mass is 127. The lowest BCUT2D eigenvalue weighted by molar-refractivity contribution is 0.379. The smallest absolute Gasteiger partial charge is 0.213 e. The number of aryl methyl sites for hydroxylation is 1. The topological polar surface area (TPSA) is 62.5 Å². The predicted octanol–water partition coefficient (Wildman–Crippen LogP) is 4.49. The summed E-state index contributed by atoms with van der Waals surface area (Å²) in [5.41, 5.74) is 2.49. The fraction of sp³-hybridized carbons (Fsp3) is 0.474. The lowest BCUT2D eigenvalue weighted by atomic mass is 9.94. The summed E-state index contributed by atoms with van der Waals surface area (Å²) in [5.74, 6) is 2.27. The fourth-order valence-corrected chi connectivity index (χ4v) is 3.00. The van der Waals surface area contributed by atoms with Crippen LogP contribution >= 0.6 is 35.7 Å². The quantitative estimate of drug-likeness (QED) is 0.281. The molecule has 2 N–H and O–H groups in total. The molecular weight excluding hydrogens is 459 g/mol. The second kappa shape index (κ2) is 10.2. The zero-order chi connectivity index (χ0) is 18.4. The molecule has 0 bridgehead atoms. The Morgan fingerprint density at radius 3 is 2.50 bits per heavy atom. The van der Waals surface area contributed by atoms with Crippen LogP contribution in [-0.2, 0) is 18.5 Å². The van der Waals surface area contributed by atoms with Crippen molar-refractivity contribution in [1.82, 2.24) is 15.6 Å². The first-order chi connectivity index (χ1) is 11.8. The molecule has 0 saturated heterocycles. The molecular formula is C19H29IN4OS. The van der Waals surface area contributed by atoms with Crippen LogP contribution in [0.1, 0.15) is 43.5 Å². The van der Waals surface area contributed by atoms with Crippen LogP contribution < -0.4 is 10.6 Å². The summed E-state index contributed by atoms with van der Waals surface area (Å²) < 4.78 is 5.80. The highest BCUT2D eigenvalue weighted by molar-refractivity contribution is 14.0. The van der Waals surface area contributed by atoms with Gasteiger partial charge in [0.1, 0.15) is 5.76 Å². The molecule has 0 aliphatic heterocycles. The van der Waals surface area contributed by atoms with Crippen molar-refractivity contribution in [3.63, 3.8) is 0 Å². The van der Waals surface area contributed by atoms with E-state index >= 15 is 0 Å². The maximum Gasteiger partial charge on any atom is 0.213 e. The van der Waals surface area contributed by atoms with Gasteiger partial charge in [0.25, 0.3) is 0 Å². The maximum absolute atomic E-state index is 5.80. The van der Waals surface area contributed by atoms with Gasteiger partial charge in [-0.05, 0) is 30.4 Å². The molecule has 144 valence electrons. The van der Waals surface area contributed by atoms with Crippen LogP contribution in [0.4, 0.5) is 0 Å². The van der Waals surface area contributed by atoms with Crippen molar-refractivity contribution in [2.75, 3.05) is 13.3 Å². The standard InChI is InChI=1S/C19H28N4OS.HI/c1-13-7-8-14(15(9-13)25-6)10-22-18(20-5)23-12-17-21-11-16(24-17)19(2,3)4;/h7-9,11H,10,12H2,1-6H3,(H2,20,22,23);1H. The summed E-state index contributed by atoms with van der Waals surface area (Å²) in [4.78, 5) is 9.88. The number of aliphatic imine (C=N–C) groups is 1. The van der Waals surface area contributed by atoms with Gasteiger partial charge in [-0.1, -0.05) is 32.9 Å². The molecule has 0 unspecified atom stereocenters. The number of hydrogen-bond acceptors (Lipinski definition) is 4. The van der Waals surface area contributed by atoms with E-state index in [-0.39, 0.29) is 29.4 Å². The first-order valence-corrected chi connectivity index (χ1v) is 9.59. The second-order valence-corrected chi connectivity index (χ2v) is 7.81. The Labute approximate surface area is 177 Å². The van der Waals surface area contributed by atoms with Crippen molar-refractivity contribution in [3.05, 3.63) is 47.2 Å². The number of thioether (sulfide) groups is 1. The van der Waals surface area contributed by atoms with Crippen molar-refractivity contribution < 1.29 is 4.42 Å². The summed E-state index contributed by atoms with van der Waals surface area (Å²) in [6.07, 6.45) is 3.89. The largest absolute Gasteiger partial charge is 0.443 e. The van der Waals surface area contributed by atoms with Gasteiger partial charge in [-0.2, -0.15) is 0 Å². The summed E-state index contributed by atoms with van der Waals surface area (Å²) >= 11 is 1.76. The zero-order valence-corrected chi connectivity index (χ0v) is 19.5. The van der Waals surface area contributed by atoms with Crippen molar-refractivity contribution >= 4 is 41.7 Å². The number of oxazole rings is 1. The first-order valence-electron chi connectivity index (χ1n) is 8.36. The molecule has 0 fully saturated rings. The van der Waals surface area contributed by atoms with Gasteiger partial charge in [0.05, 0.1) is 12.7 Å². The molecule has 0 aliphatic carbocycles. The number of halogens is 1. The molecule has 2 aromatic rings. The lowest BCUT2D eigenvalue weighted by Gasteiger charge is -2.14. The molecule has 5 nitrogen and oxygen atoms in total. The third kappa shape index (κ3) is 6.50. The molecule has 0 aliphatic rings. The van der Waals surface area contributed by atoms with Crippen LogP contribution in [0.5, 0.6) is 0 Å². The lowest BCUT2D eigenvalue weighted by Crippen LogP contribution is -2.36. The maximum atomic E-state index is 5.80. The summed E-state index contributed by atoms with van der Waals surface area (Å²) in [5, 5.41) is 6.59. The number of benzene rings is 1. The number of rotatable bonds is 5. The normalized spacial score (nSPS) is 11.8. The average molecular weight is 488 g/mol. The van der Waals surface area contributed by atoms with Crippen LogP contribution in [0.15, 0.2) is 38.7 Å². The fourth-order valence-electron chi connectivity index (χ4n) is 2.30. The predicted molar refractivity (Wildman–Crippen MR) is 121 cm³/mol. The van der Waals surface area contributed by atoms with Crippen LogP contribution in [-0.4, -0.2) is 24.2 Å². The minimum Gasteiger partial charge on any atom is -0.443 e. The highest BCUT2D eigenvalue weighted by Crippen LogP contribution is 2.23. The molecule has 1 heterocycles. The van der Waals surface area contributed by atoms with Gasteiger partial charge in [-0.15, -0.1) is 35.7 Å². The molecule has 0 spiro atoms. The van der Waals surface area contributed by atoms with Gasteiger partial charge in [0.15, 0.2) is 5.96 Å². The SMILES string of the molecule is CN=C(NCc1ncc(C(C)(C)C)o1)NCc1ccc(C)cc1SC.I. The van der Waals surface area contributed by atoms with Gasteiger partial charge in [-0.25, -0.2) is 4.98 Å². The van der Waals surface area contributed by atoms with E-state index in [2.05, 4.69) is 72.8 Å². The van der Waals surface area contributed by atoms with Crippen LogP contribution in [0.2, 0.25) is 0 Å². The molecule has 26 heavy (non-hydrogen) atoms. The van der Waals surface area contributed by atoms with E-state index in [1.807, 2.05) is 0 Å². The third-order valence-corrected chi connectivity index (χ3v) is 4.63. The summed E-state index contributed by atoms with van der Waals surface area (Å²) in [7, 11) is 1.76. The van der Waals surface area contributed by atoms with E-state index in [4.69, 9.17) is 4.42 Å². The molecule has 7 heteroatoms. The van der Waals surface area contributed by atoms with Gasteiger partial charge >= 0.3 is 0 Å². The Morgan fingerprint density at radius 1 is 1.23 bits per heavy atom. The van der Waals surface area contributed by atoms with E-state index in [9.17, 15) is 0 Å². The minimum absolute atomic E-state index is 0. The van der Waals surface area contributed by atoms with Crippen LogP contribution in [0, 0.1) is 6.92 Å². The molecule has 0 amide bonds. The Hall–Kier alpha value is -1.22. The Kier molecular flexibility index (Phi) is 8.95. The number of guanidine groups is 1. The Bertz CT molecular complexity index is 737. The third-order valence-electron chi connectivity index (χ3n) is 3.81. The van der Waals surface area contributed by atoms with Crippen LogP contribution in [0.25, 0.3) is 0 Å². The van der Waals surface area contributed by atoms with E-state index < -0.39 is 0 Å². The summed E-state index contributed by atoms with van der Waals surface area (Å²) in [6, 6.07) is 6.50. The van der Waals surface area contributed by atoms with E-state index in [1.165, 1.54) is 16.0 Å². The second-order valence-electron chi connectivity index (χ2n) is 6.96. The Balaban J connectivity index is 0.00000338. The van der Waals surface area contributed by atoms with Crippen molar-refractivity contribution in [2.45, 2.75) is 51.1 Å². The molecule has 0 saturated carbocycles. The molecule has 2 rings (SSSR count). The number of nitrogens with one attached hydrogen (secondary N) is 2. The molecule has 0 atom stereocenters. The van der Waals surface area contributed by atoms with Crippen LogP contribution in [0.3, 0.4) is 0 Å². The molecule has 1 aromatic carbocycles. The minimum atomic E-state index is -0.0369. The van der Waals surface area contributed by atoms with Gasteiger partial charge in [0, 0.05) is 23.9 Å². The van der Waals surface area contributed by atoms with Gasteiger partial charge in [-0.3, -0.25) is 4.99 Å². The first kappa shape index (κ1) is 22.8. The van der Waals surface area contributed by atoms with E-state index in [1.54, 1.807) is 25.0 Å². The van der Waals surface area contributed by atoms with Crippen molar-refractivity contribution in [3.8, 4) is 0 Å². The number of aromatic nitrogens is 1. The Morgan fingerprint density at radius 2 is 1.92 bits per heavy atom. The van der Waals surface area contributed by atoms with Crippen molar-refractivity contribution in [1.29, 1.82) is 0 Å². The zero-order valence-electron chi connectivity index (χ0n) is 16.3. The number of hydrogen-bond donors (Lipinski definition) is 2. The van der Waals surface area contributed by atoms with Gasteiger partial charge < -0.3 is 15.1 Å². The van der Waals surface area contributed by atoms with E-state index in [0.717, 1.165) is 18.3 Å². The van der Waals surface area contributed by atoms with E-state index in [0.29, 0.717) is 12.4 Å². The monoisotopic (exact) mass is 488 g/mol. The molecule has 0 radical (unpaired) electrons.